The van der Waals surface area contributed by atoms with Crippen molar-refractivity contribution in [2.24, 2.45) is 0 Å². The predicted octanol–water partition coefficient (Wildman–Crippen LogP) is 4.87. The Hall–Kier alpha value is -3.49. The van der Waals surface area contributed by atoms with Crippen molar-refractivity contribution < 1.29 is 17.9 Å². The Kier molecular flexibility index (Phi) is 6.64. The normalized spacial score (nSPS) is 15.5. The maximum absolute atomic E-state index is 11.8. The molecule has 1 aliphatic rings. The van der Waals surface area contributed by atoms with Gasteiger partial charge in [-0.2, -0.15) is 0 Å². The second kappa shape index (κ2) is 9.87. The van der Waals surface area contributed by atoms with E-state index in [4.69, 9.17) is 14.5 Å². The fourth-order valence-electron chi connectivity index (χ4n) is 4.71. The zero-order chi connectivity index (χ0) is 25.2. The fourth-order valence-corrected chi connectivity index (χ4v) is 5.34. The lowest BCUT2D eigenvalue weighted by Gasteiger charge is -2.38. The van der Waals surface area contributed by atoms with Gasteiger partial charge in [0.15, 0.2) is 9.84 Å². The first-order valence-corrected chi connectivity index (χ1v) is 13.8. The number of fused-ring (bicyclic) bond motifs is 1. The van der Waals surface area contributed by atoms with Crippen molar-refractivity contribution in [1.29, 1.82) is 0 Å². The van der Waals surface area contributed by atoms with Crippen molar-refractivity contribution in [1.82, 2.24) is 9.97 Å². The number of anilines is 1. The van der Waals surface area contributed by atoms with Gasteiger partial charge in [0.2, 0.25) is 5.95 Å². The third-order valence-corrected chi connectivity index (χ3v) is 8.06. The zero-order valence-electron chi connectivity index (χ0n) is 20.4. The van der Waals surface area contributed by atoms with Crippen molar-refractivity contribution in [3.63, 3.8) is 0 Å². The second-order valence-corrected chi connectivity index (χ2v) is 11.3. The maximum Gasteiger partial charge on any atom is 0.223 e. The Bertz CT molecular complexity index is 1460. The number of nitrogens with one attached hydrogen (secondary N) is 1. The average molecular weight is 504 g/mol. The molecule has 0 bridgehead atoms. The van der Waals surface area contributed by atoms with Crippen LogP contribution in [0.2, 0.25) is 0 Å². The average Bonchev–Trinajstić information content (AvgIpc) is 2.91. The summed E-state index contributed by atoms with van der Waals surface area (Å²) in [6.07, 6.45) is 4.86. The fraction of sp³-hybridized carbons (Fsp3) is 0.286. The number of nitrogens with zero attached hydrogens (tertiary/aromatic N) is 2. The highest BCUT2D eigenvalue weighted by molar-refractivity contribution is 7.90. The Morgan fingerprint density at radius 1 is 0.972 bits per heavy atom. The number of rotatable bonds is 7. The van der Waals surface area contributed by atoms with E-state index in [1.165, 1.54) is 11.8 Å². The highest BCUT2D eigenvalue weighted by atomic mass is 32.2. The SMILES string of the molecule is COc1ccc(C2(CNc3ncc4ccc(-c5ccc(S(C)(=O)=O)cc5)cc4n3)CCOCC2)cc1. The lowest BCUT2D eigenvalue weighted by atomic mass is 9.74. The van der Waals surface area contributed by atoms with Crippen LogP contribution < -0.4 is 10.1 Å². The Labute approximate surface area is 211 Å². The number of hydrogen-bond donors (Lipinski definition) is 1. The molecule has 1 N–H and O–H groups in total. The highest BCUT2D eigenvalue weighted by Crippen LogP contribution is 2.36. The van der Waals surface area contributed by atoms with Gasteiger partial charge >= 0.3 is 0 Å². The molecule has 4 aromatic rings. The van der Waals surface area contributed by atoms with E-state index in [0.717, 1.165) is 40.6 Å². The summed E-state index contributed by atoms with van der Waals surface area (Å²) in [7, 11) is -1.56. The number of methoxy groups -OCH3 is 1. The van der Waals surface area contributed by atoms with Gasteiger partial charge in [-0.15, -0.1) is 0 Å². The Morgan fingerprint density at radius 2 is 1.67 bits per heavy atom. The molecule has 0 atom stereocenters. The van der Waals surface area contributed by atoms with E-state index < -0.39 is 9.84 Å². The predicted molar refractivity (Wildman–Crippen MR) is 141 cm³/mol. The van der Waals surface area contributed by atoms with Gasteiger partial charge in [-0.1, -0.05) is 36.4 Å². The summed E-state index contributed by atoms with van der Waals surface area (Å²) in [4.78, 5) is 9.64. The summed E-state index contributed by atoms with van der Waals surface area (Å²) < 4.78 is 34.5. The number of aromatic nitrogens is 2. The molecule has 0 saturated carbocycles. The van der Waals surface area contributed by atoms with Crippen molar-refractivity contribution in [2.45, 2.75) is 23.2 Å². The molecule has 1 saturated heterocycles. The van der Waals surface area contributed by atoms with Crippen LogP contribution in [0, 0.1) is 0 Å². The van der Waals surface area contributed by atoms with Gasteiger partial charge in [0, 0.05) is 43.0 Å². The zero-order valence-corrected chi connectivity index (χ0v) is 21.2. The van der Waals surface area contributed by atoms with Crippen LogP contribution in [0.3, 0.4) is 0 Å². The van der Waals surface area contributed by atoms with Gasteiger partial charge in [-0.3, -0.25) is 0 Å². The first-order valence-electron chi connectivity index (χ1n) is 11.9. The lowest BCUT2D eigenvalue weighted by molar-refractivity contribution is 0.0543. The first-order chi connectivity index (χ1) is 17.4. The molecular formula is C28H29N3O4S. The van der Waals surface area contributed by atoms with Gasteiger partial charge < -0.3 is 14.8 Å². The summed E-state index contributed by atoms with van der Waals surface area (Å²) in [6.45, 7) is 2.13. The summed E-state index contributed by atoms with van der Waals surface area (Å²) in [5, 5.41) is 4.42. The molecule has 0 amide bonds. The molecule has 0 unspecified atom stereocenters. The first kappa shape index (κ1) is 24.2. The summed E-state index contributed by atoms with van der Waals surface area (Å²) >= 11 is 0. The van der Waals surface area contributed by atoms with Crippen LogP contribution in [0.4, 0.5) is 5.95 Å². The molecule has 8 heteroatoms. The molecule has 0 spiro atoms. The minimum absolute atomic E-state index is 0.0773. The van der Waals surface area contributed by atoms with E-state index in [9.17, 15) is 8.42 Å². The maximum atomic E-state index is 11.8. The van der Waals surface area contributed by atoms with Crippen LogP contribution in [-0.4, -0.2) is 51.5 Å². The largest absolute Gasteiger partial charge is 0.497 e. The molecule has 7 nitrogen and oxygen atoms in total. The summed E-state index contributed by atoms with van der Waals surface area (Å²) in [6, 6.07) is 21.2. The number of sulfone groups is 1. The smallest absolute Gasteiger partial charge is 0.223 e. The van der Waals surface area contributed by atoms with Crippen molar-refractivity contribution >= 4 is 26.7 Å². The molecule has 3 aromatic carbocycles. The third-order valence-electron chi connectivity index (χ3n) is 6.94. The van der Waals surface area contributed by atoms with E-state index in [-0.39, 0.29) is 5.41 Å². The van der Waals surface area contributed by atoms with E-state index in [0.29, 0.717) is 30.6 Å². The van der Waals surface area contributed by atoms with Crippen LogP contribution in [0.1, 0.15) is 18.4 Å². The van der Waals surface area contributed by atoms with Crippen LogP contribution in [-0.2, 0) is 20.0 Å². The third kappa shape index (κ3) is 5.05. The molecule has 0 aliphatic carbocycles. The van der Waals surface area contributed by atoms with Gasteiger partial charge in [0.25, 0.3) is 0 Å². The molecular weight excluding hydrogens is 474 g/mol. The molecule has 186 valence electrons. The highest BCUT2D eigenvalue weighted by Gasteiger charge is 2.34. The van der Waals surface area contributed by atoms with Gasteiger partial charge in [0.05, 0.1) is 17.5 Å². The Balaban J connectivity index is 1.39. The summed E-state index contributed by atoms with van der Waals surface area (Å²) in [5.74, 6) is 1.42. The minimum atomic E-state index is -3.23. The van der Waals surface area contributed by atoms with Gasteiger partial charge in [-0.05, 0) is 59.9 Å². The number of hydrogen-bond acceptors (Lipinski definition) is 7. The molecule has 5 rings (SSSR count). The number of benzene rings is 3. The molecule has 2 heterocycles. The van der Waals surface area contributed by atoms with Crippen molar-refractivity contribution in [3.05, 3.63) is 78.5 Å². The van der Waals surface area contributed by atoms with E-state index in [2.05, 4.69) is 22.4 Å². The Morgan fingerprint density at radius 3 is 2.33 bits per heavy atom. The molecule has 0 radical (unpaired) electrons. The van der Waals surface area contributed by atoms with E-state index >= 15 is 0 Å². The van der Waals surface area contributed by atoms with Crippen LogP contribution in [0.15, 0.2) is 77.8 Å². The quantitative estimate of drug-likeness (QED) is 0.385. The van der Waals surface area contributed by atoms with Crippen LogP contribution in [0.25, 0.3) is 22.0 Å². The second-order valence-electron chi connectivity index (χ2n) is 9.24. The van der Waals surface area contributed by atoms with E-state index in [1.807, 2.05) is 48.7 Å². The van der Waals surface area contributed by atoms with Gasteiger partial charge in [-0.25, -0.2) is 18.4 Å². The molecule has 36 heavy (non-hydrogen) atoms. The standard InChI is InChI=1S/C28H29N3O4S/c1-34-24-9-7-23(8-10-24)28(13-15-35-16-14-28)19-30-27-29-18-22-4-3-21(17-26(22)31-27)20-5-11-25(12-6-20)36(2,32)33/h3-12,17-18H,13-16,19H2,1-2H3,(H,29,30,31). The monoisotopic (exact) mass is 503 g/mol. The lowest BCUT2D eigenvalue weighted by Crippen LogP contribution is -2.40. The van der Waals surface area contributed by atoms with Crippen molar-refractivity contribution in [3.8, 4) is 16.9 Å². The van der Waals surface area contributed by atoms with Gasteiger partial charge in [0.1, 0.15) is 5.75 Å². The minimum Gasteiger partial charge on any atom is -0.497 e. The molecule has 1 fully saturated rings. The van der Waals surface area contributed by atoms with Crippen molar-refractivity contribution in [2.75, 3.05) is 38.4 Å². The van der Waals surface area contributed by atoms with Crippen LogP contribution >= 0.6 is 0 Å². The number of ether oxygens (including phenoxy) is 2. The molecule has 1 aliphatic heterocycles. The van der Waals surface area contributed by atoms with E-state index in [1.54, 1.807) is 19.2 Å². The topological polar surface area (TPSA) is 90.4 Å². The molecule has 1 aromatic heterocycles. The summed E-state index contributed by atoms with van der Waals surface area (Å²) in [5.41, 5.74) is 3.89. The van der Waals surface area contributed by atoms with Crippen LogP contribution in [0.5, 0.6) is 5.75 Å².